The number of aromatic nitrogens is 1. The molecule has 5 nitrogen and oxygen atoms in total. The Morgan fingerprint density at radius 3 is 2.58 bits per heavy atom. The molecule has 0 aliphatic carbocycles. The van der Waals surface area contributed by atoms with Crippen LogP contribution in [0.3, 0.4) is 0 Å². The molecule has 1 unspecified atom stereocenters. The Hall–Kier alpha value is -2.61. The van der Waals surface area contributed by atoms with Crippen molar-refractivity contribution in [2.75, 3.05) is 19.6 Å². The lowest BCUT2D eigenvalue weighted by Gasteiger charge is -2.34. The zero-order valence-corrected chi connectivity index (χ0v) is 14.1. The Balaban J connectivity index is 1.81. The number of alkyl halides is 3. The number of H-pyrrole nitrogens is 1. The molecule has 1 aliphatic rings. The average Bonchev–Trinajstić information content (AvgIpc) is 2.60. The Morgan fingerprint density at radius 2 is 1.92 bits per heavy atom. The van der Waals surface area contributed by atoms with Gasteiger partial charge >= 0.3 is 6.18 Å². The number of aryl methyl sites for hydroxylation is 1. The number of piperazine rings is 1. The van der Waals surface area contributed by atoms with Gasteiger partial charge < -0.3 is 15.2 Å². The van der Waals surface area contributed by atoms with E-state index in [2.05, 4.69) is 10.3 Å². The first-order valence-corrected chi connectivity index (χ1v) is 8.16. The molecule has 138 valence electrons. The molecule has 1 fully saturated rings. The van der Waals surface area contributed by atoms with Crippen LogP contribution in [0.1, 0.15) is 33.2 Å². The highest BCUT2D eigenvalue weighted by Crippen LogP contribution is 2.26. The molecular weight excluding hydrogens is 347 g/mol. The van der Waals surface area contributed by atoms with Crippen LogP contribution in [0.25, 0.3) is 0 Å². The Labute approximate surface area is 147 Å². The molecule has 0 saturated carbocycles. The number of pyridine rings is 1. The van der Waals surface area contributed by atoms with Gasteiger partial charge in [-0.1, -0.05) is 24.3 Å². The Bertz CT molecular complexity index is 876. The molecule has 3 rings (SSSR count). The minimum absolute atomic E-state index is 0.0740. The Kier molecular flexibility index (Phi) is 4.86. The van der Waals surface area contributed by atoms with E-state index in [1.54, 1.807) is 0 Å². The molecule has 26 heavy (non-hydrogen) atoms. The number of hydrogen-bond donors (Lipinski definition) is 2. The molecule has 8 heteroatoms. The zero-order valence-electron chi connectivity index (χ0n) is 14.1. The van der Waals surface area contributed by atoms with E-state index in [1.807, 2.05) is 31.2 Å². The van der Waals surface area contributed by atoms with Crippen molar-refractivity contribution < 1.29 is 18.0 Å². The molecule has 1 aliphatic heterocycles. The third kappa shape index (κ3) is 3.65. The van der Waals surface area contributed by atoms with Gasteiger partial charge in [0.1, 0.15) is 11.3 Å². The van der Waals surface area contributed by atoms with Crippen LogP contribution in [0, 0.1) is 6.92 Å². The van der Waals surface area contributed by atoms with Gasteiger partial charge in [0.2, 0.25) is 0 Å². The van der Waals surface area contributed by atoms with E-state index in [1.165, 1.54) is 4.90 Å². The first-order chi connectivity index (χ1) is 12.3. The maximum atomic E-state index is 12.7. The van der Waals surface area contributed by atoms with Crippen molar-refractivity contribution in [3.8, 4) is 0 Å². The van der Waals surface area contributed by atoms with Gasteiger partial charge in [0, 0.05) is 19.6 Å². The van der Waals surface area contributed by atoms with Gasteiger partial charge in [-0.2, -0.15) is 13.2 Å². The molecule has 1 aromatic heterocycles. The van der Waals surface area contributed by atoms with Crippen molar-refractivity contribution in [3.05, 3.63) is 69.1 Å². The minimum Gasteiger partial charge on any atom is -0.334 e. The number of carbonyl (C=O) groups is 1. The van der Waals surface area contributed by atoms with Crippen molar-refractivity contribution in [3.63, 3.8) is 0 Å². The summed E-state index contributed by atoms with van der Waals surface area (Å²) < 4.78 is 38.1. The lowest BCUT2D eigenvalue weighted by Crippen LogP contribution is -2.48. The Morgan fingerprint density at radius 1 is 1.19 bits per heavy atom. The fourth-order valence-electron chi connectivity index (χ4n) is 3.11. The van der Waals surface area contributed by atoms with Gasteiger partial charge in [0.05, 0.1) is 6.04 Å². The fourth-order valence-corrected chi connectivity index (χ4v) is 3.11. The van der Waals surface area contributed by atoms with E-state index in [9.17, 15) is 22.8 Å². The molecule has 1 amide bonds. The summed E-state index contributed by atoms with van der Waals surface area (Å²) in [4.78, 5) is 27.9. The van der Waals surface area contributed by atoms with Gasteiger partial charge in [0.15, 0.2) is 0 Å². The minimum atomic E-state index is -4.75. The van der Waals surface area contributed by atoms with E-state index in [0.717, 1.165) is 17.2 Å². The number of carbonyl (C=O) groups excluding carboxylic acids is 1. The molecule has 2 heterocycles. The smallest absolute Gasteiger partial charge is 0.334 e. The van der Waals surface area contributed by atoms with Crippen LogP contribution in [-0.2, 0) is 6.18 Å². The number of nitrogens with one attached hydrogen (secondary N) is 2. The number of amides is 1. The summed E-state index contributed by atoms with van der Waals surface area (Å²) >= 11 is 0. The van der Waals surface area contributed by atoms with Gasteiger partial charge in [-0.15, -0.1) is 0 Å². The number of halogens is 3. The number of benzene rings is 1. The second kappa shape index (κ2) is 6.95. The third-order valence-electron chi connectivity index (χ3n) is 4.47. The fraction of sp³-hybridized carbons (Fsp3) is 0.333. The first kappa shape index (κ1) is 18.2. The van der Waals surface area contributed by atoms with Crippen LogP contribution >= 0.6 is 0 Å². The van der Waals surface area contributed by atoms with E-state index in [0.29, 0.717) is 25.7 Å². The van der Waals surface area contributed by atoms with E-state index < -0.39 is 23.2 Å². The summed E-state index contributed by atoms with van der Waals surface area (Å²) in [6.07, 6.45) is -4.75. The van der Waals surface area contributed by atoms with Crippen molar-refractivity contribution >= 4 is 5.91 Å². The van der Waals surface area contributed by atoms with Crippen molar-refractivity contribution in [2.45, 2.75) is 19.1 Å². The average molecular weight is 365 g/mol. The molecule has 1 saturated heterocycles. The number of rotatable bonds is 2. The maximum absolute atomic E-state index is 12.7. The van der Waals surface area contributed by atoms with E-state index in [-0.39, 0.29) is 11.7 Å². The van der Waals surface area contributed by atoms with Gasteiger partial charge in [-0.25, -0.2) is 0 Å². The topological polar surface area (TPSA) is 65.2 Å². The summed E-state index contributed by atoms with van der Waals surface area (Å²) in [5.41, 5.74) is -0.623. The summed E-state index contributed by atoms with van der Waals surface area (Å²) in [6.45, 7) is 3.30. The van der Waals surface area contributed by atoms with Gasteiger partial charge in [-0.05, 0) is 30.2 Å². The number of aromatic amines is 1. The lowest BCUT2D eigenvalue weighted by atomic mass is 9.99. The van der Waals surface area contributed by atoms with Crippen molar-refractivity contribution in [2.24, 2.45) is 0 Å². The van der Waals surface area contributed by atoms with Crippen LogP contribution < -0.4 is 10.9 Å². The highest BCUT2D eigenvalue weighted by atomic mass is 19.4. The largest absolute Gasteiger partial charge is 0.421 e. The highest BCUT2D eigenvalue weighted by Gasteiger charge is 2.34. The van der Waals surface area contributed by atoms with Gasteiger partial charge in [0.25, 0.3) is 11.5 Å². The molecule has 2 aromatic rings. The standard InChI is InChI=1S/C18H18F3N3O2/c1-11-4-2-3-5-12(11)15-10-24(9-8-22-15)17(26)14-7-6-13(16(25)23-14)18(19,20)21/h2-7,15,22H,8-10H2,1H3,(H,23,25). The van der Waals surface area contributed by atoms with E-state index in [4.69, 9.17) is 0 Å². The summed E-state index contributed by atoms with van der Waals surface area (Å²) in [7, 11) is 0. The predicted molar refractivity (Wildman–Crippen MR) is 89.9 cm³/mol. The maximum Gasteiger partial charge on any atom is 0.421 e. The van der Waals surface area contributed by atoms with Crippen LogP contribution in [0.15, 0.2) is 41.2 Å². The molecular formula is C18H18F3N3O2. The van der Waals surface area contributed by atoms with Crippen LogP contribution in [-0.4, -0.2) is 35.4 Å². The number of hydrogen-bond acceptors (Lipinski definition) is 3. The van der Waals surface area contributed by atoms with Crippen molar-refractivity contribution in [1.29, 1.82) is 0 Å². The third-order valence-corrected chi connectivity index (χ3v) is 4.47. The zero-order chi connectivity index (χ0) is 18.9. The molecule has 1 atom stereocenters. The van der Waals surface area contributed by atoms with Crippen LogP contribution in [0.4, 0.5) is 13.2 Å². The van der Waals surface area contributed by atoms with Crippen LogP contribution in [0.5, 0.6) is 0 Å². The summed E-state index contributed by atoms with van der Waals surface area (Å²) in [6, 6.07) is 9.38. The molecule has 1 aromatic carbocycles. The molecule has 2 N–H and O–H groups in total. The second-order valence-corrected chi connectivity index (χ2v) is 6.23. The van der Waals surface area contributed by atoms with Crippen molar-refractivity contribution in [1.82, 2.24) is 15.2 Å². The first-order valence-electron chi connectivity index (χ1n) is 8.16. The molecule has 0 bridgehead atoms. The van der Waals surface area contributed by atoms with Gasteiger partial charge in [-0.3, -0.25) is 9.59 Å². The lowest BCUT2D eigenvalue weighted by molar-refractivity contribution is -0.138. The monoisotopic (exact) mass is 365 g/mol. The quantitative estimate of drug-likeness (QED) is 0.859. The predicted octanol–water partition coefficient (Wildman–Crippen LogP) is 2.49. The molecule has 0 radical (unpaired) electrons. The normalized spacial score (nSPS) is 18.0. The second-order valence-electron chi connectivity index (χ2n) is 6.23. The summed E-state index contributed by atoms with van der Waals surface area (Å²) in [5.74, 6) is -0.490. The molecule has 0 spiro atoms. The van der Waals surface area contributed by atoms with E-state index >= 15 is 0 Å². The SMILES string of the molecule is Cc1ccccc1C1CN(C(=O)c2ccc(C(F)(F)F)c(=O)[nH]2)CCN1. The highest BCUT2D eigenvalue weighted by molar-refractivity contribution is 5.92. The number of nitrogens with zero attached hydrogens (tertiary/aromatic N) is 1. The van der Waals surface area contributed by atoms with Crippen LogP contribution in [0.2, 0.25) is 0 Å². The summed E-state index contributed by atoms with van der Waals surface area (Å²) in [5, 5.41) is 3.34.